The Morgan fingerprint density at radius 2 is 1.57 bits per heavy atom. The van der Waals surface area contributed by atoms with Crippen molar-refractivity contribution in [3.05, 3.63) is 0 Å². The van der Waals surface area contributed by atoms with E-state index in [0.717, 1.165) is 19.5 Å². The number of morpholine rings is 1. The maximum absolute atomic E-state index is 12.4. The molecule has 0 bridgehead atoms. The van der Waals surface area contributed by atoms with Gasteiger partial charge in [0.1, 0.15) is 0 Å². The van der Waals surface area contributed by atoms with Gasteiger partial charge in [-0.15, -0.1) is 0 Å². The van der Waals surface area contributed by atoms with Crippen LogP contribution in [0.4, 0.5) is 4.79 Å². The Bertz CT molecular complexity index is 414. The molecule has 0 atom stereocenters. The van der Waals surface area contributed by atoms with Gasteiger partial charge in [0.25, 0.3) is 0 Å². The number of carbonyl (C=O) groups excluding carboxylic acids is 2. The van der Waals surface area contributed by atoms with Crippen LogP contribution in [-0.4, -0.2) is 91.2 Å². The molecule has 0 saturated carbocycles. The van der Waals surface area contributed by atoms with Crippen molar-refractivity contribution < 1.29 is 14.3 Å². The Balaban J connectivity index is 1.73. The Morgan fingerprint density at radius 1 is 1.00 bits per heavy atom. The van der Waals surface area contributed by atoms with E-state index in [0.29, 0.717) is 45.9 Å². The summed E-state index contributed by atoms with van der Waals surface area (Å²) in [7, 11) is 0. The minimum Gasteiger partial charge on any atom is -0.378 e. The smallest absolute Gasteiger partial charge is 0.320 e. The third-order valence-corrected chi connectivity index (χ3v) is 4.65. The Labute approximate surface area is 138 Å². The van der Waals surface area contributed by atoms with Crippen molar-refractivity contribution >= 4 is 11.9 Å². The highest BCUT2D eigenvalue weighted by molar-refractivity contribution is 5.79. The zero-order valence-electron chi connectivity index (χ0n) is 14.6. The molecule has 0 aliphatic carbocycles. The second-order valence-electron chi connectivity index (χ2n) is 6.93. The Hall–Kier alpha value is -1.34. The number of hydrogen-bond donors (Lipinski definition) is 1. The fourth-order valence-corrected chi connectivity index (χ4v) is 2.76. The summed E-state index contributed by atoms with van der Waals surface area (Å²) >= 11 is 0. The molecule has 2 aliphatic rings. The first-order valence-electron chi connectivity index (χ1n) is 8.56. The number of nitrogens with one attached hydrogen (secondary N) is 1. The highest BCUT2D eigenvalue weighted by Gasteiger charge is 2.27. The molecule has 2 rings (SSSR count). The van der Waals surface area contributed by atoms with Gasteiger partial charge in [-0.25, -0.2) is 4.79 Å². The summed E-state index contributed by atoms with van der Waals surface area (Å²) in [5, 5.41) is 3.06. The molecular formula is C16H30N4O3. The summed E-state index contributed by atoms with van der Waals surface area (Å²) in [4.78, 5) is 30.4. The molecule has 1 N–H and O–H groups in total. The fourth-order valence-electron chi connectivity index (χ4n) is 2.76. The van der Waals surface area contributed by atoms with Crippen LogP contribution in [0, 0.1) is 0 Å². The first-order valence-corrected chi connectivity index (χ1v) is 8.56. The van der Waals surface area contributed by atoms with Crippen LogP contribution in [-0.2, 0) is 9.53 Å². The Kier molecular flexibility index (Phi) is 6.24. The van der Waals surface area contributed by atoms with Gasteiger partial charge >= 0.3 is 6.03 Å². The number of hydrogen-bond acceptors (Lipinski definition) is 4. The summed E-state index contributed by atoms with van der Waals surface area (Å²) in [6.07, 6.45) is 0.903. The molecule has 0 radical (unpaired) electrons. The van der Waals surface area contributed by atoms with Gasteiger partial charge in [0.2, 0.25) is 5.91 Å². The molecule has 3 amide bonds. The Morgan fingerprint density at radius 3 is 2.13 bits per heavy atom. The minimum atomic E-state index is -0.162. The molecule has 0 spiro atoms. The van der Waals surface area contributed by atoms with Crippen LogP contribution in [0.15, 0.2) is 0 Å². The van der Waals surface area contributed by atoms with E-state index in [-0.39, 0.29) is 17.5 Å². The summed E-state index contributed by atoms with van der Waals surface area (Å²) < 4.78 is 5.28. The summed E-state index contributed by atoms with van der Waals surface area (Å²) in [5.74, 6) is 0.0600. The van der Waals surface area contributed by atoms with Gasteiger partial charge < -0.3 is 19.9 Å². The van der Waals surface area contributed by atoms with Crippen molar-refractivity contribution in [1.29, 1.82) is 0 Å². The molecule has 0 aromatic carbocycles. The largest absolute Gasteiger partial charge is 0.378 e. The molecule has 0 unspecified atom stereocenters. The molecule has 2 saturated heterocycles. The number of ether oxygens (including phenoxy) is 1. The average molecular weight is 326 g/mol. The van der Waals surface area contributed by atoms with E-state index in [2.05, 4.69) is 17.1 Å². The van der Waals surface area contributed by atoms with Gasteiger partial charge in [-0.3, -0.25) is 9.69 Å². The predicted molar refractivity (Wildman–Crippen MR) is 88.3 cm³/mol. The fraction of sp³-hybridized carbons (Fsp3) is 0.875. The number of amides is 3. The van der Waals surface area contributed by atoms with Crippen LogP contribution in [0.5, 0.6) is 0 Å². The van der Waals surface area contributed by atoms with Gasteiger partial charge in [-0.1, -0.05) is 6.92 Å². The highest BCUT2D eigenvalue weighted by atomic mass is 16.5. The van der Waals surface area contributed by atoms with Gasteiger partial charge in [0, 0.05) is 44.8 Å². The monoisotopic (exact) mass is 326 g/mol. The van der Waals surface area contributed by atoms with Gasteiger partial charge in [0.05, 0.1) is 19.8 Å². The molecule has 23 heavy (non-hydrogen) atoms. The molecule has 7 heteroatoms. The number of urea groups is 1. The SMILES string of the molecule is CCC(C)(C)NC(=O)CN1CCN(C(=O)N2CCOCC2)CC1. The standard InChI is InChI=1S/C16H30N4O3/c1-4-16(2,3)17-14(21)13-18-5-7-19(8-6-18)15(22)20-9-11-23-12-10-20/h4-13H2,1-3H3,(H,17,21). The number of rotatable bonds is 4. The van der Waals surface area contributed by atoms with E-state index in [4.69, 9.17) is 4.74 Å². The first-order chi connectivity index (χ1) is 10.9. The molecule has 2 fully saturated rings. The van der Waals surface area contributed by atoms with E-state index in [9.17, 15) is 9.59 Å². The highest BCUT2D eigenvalue weighted by Crippen LogP contribution is 2.09. The van der Waals surface area contributed by atoms with Crippen LogP contribution < -0.4 is 5.32 Å². The normalized spacial score (nSPS) is 20.5. The zero-order valence-corrected chi connectivity index (χ0v) is 14.6. The van der Waals surface area contributed by atoms with Gasteiger partial charge in [-0.2, -0.15) is 0 Å². The van der Waals surface area contributed by atoms with Crippen LogP contribution in [0.25, 0.3) is 0 Å². The predicted octanol–water partition coefficient (Wildman–Crippen LogP) is 0.361. The lowest BCUT2D eigenvalue weighted by Crippen LogP contribution is -2.56. The van der Waals surface area contributed by atoms with Crippen molar-refractivity contribution in [2.75, 3.05) is 59.0 Å². The van der Waals surface area contributed by atoms with E-state index in [1.54, 1.807) is 0 Å². The minimum absolute atomic E-state index is 0.0600. The summed E-state index contributed by atoms with van der Waals surface area (Å²) in [6, 6.07) is 0.101. The molecule has 2 heterocycles. The van der Waals surface area contributed by atoms with Crippen molar-refractivity contribution in [3.8, 4) is 0 Å². The van der Waals surface area contributed by atoms with Gasteiger partial charge in [0.15, 0.2) is 0 Å². The topological polar surface area (TPSA) is 65.1 Å². The zero-order chi connectivity index (χ0) is 16.9. The summed E-state index contributed by atoms with van der Waals surface area (Å²) in [5.41, 5.74) is -0.162. The average Bonchev–Trinajstić information content (AvgIpc) is 2.55. The van der Waals surface area contributed by atoms with Crippen LogP contribution in [0.3, 0.4) is 0 Å². The van der Waals surface area contributed by atoms with E-state index >= 15 is 0 Å². The molecular weight excluding hydrogens is 296 g/mol. The van der Waals surface area contributed by atoms with Crippen molar-refractivity contribution in [1.82, 2.24) is 20.0 Å². The lowest BCUT2D eigenvalue weighted by atomic mass is 10.0. The van der Waals surface area contributed by atoms with Gasteiger partial charge in [-0.05, 0) is 20.3 Å². The van der Waals surface area contributed by atoms with E-state index in [1.807, 2.05) is 23.6 Å². The number of carbonyl (C=O) groups is 2. The second kappa shape index (κ2) is 7.97. The second-order valence-corrected chi connectivity index (χ2v) is 6.93. The lowest BCUT2D eigenvalue weighted by Gasteiger charge is -2.38. The number of piperazine rings is 1. The van der Waals surface area contributed by atoms with Crippen LogP contribution in [0.1, 0.15) is 27.2 Å². The maximum atomic E-state index is 12.4. The van der Waals surface area contributed by atoms with Crippen molar-refractivity contribution in [3.63, 3.8) is 0 Å². The van der Waals surface area contributed by atoms with E-state index < -0.39 is 0 Å². The first kappa shape index (κ1) is 18.0. The van der Waals surface area contributed by atoms with Crippen molar-refractivity contribution in [2.45, 2.75) is 32.7 Å². The summed E-state index contributed by atoms with van der Waals surface area (Å²) in [6.45, 7) is 12.0. The third kappa shape index (κ3) is 5.35. The quantitative estimate of drug-likeness (QED) is 0.810. The molecule has 0 aromatic heterocycles. The third-order valence-electron chi connectivity index (χ3n) is 4.65. The molecule has 2 aliphatic heterocycles. The van der Waals surface area contributed by atoms with Crippen LogP contribution in [0.2, 0.25) is 0 Å². The van der Waals surface area contributed by atoms with Crippen LogP contribution >= 0.6 is 0 Å². The maximum Gasteiger partial charge on any atom is 0.320 e. The van der Waals surface area contributed by atoms with E-state index in [1.165, 1.54) is 0 Å². The molecule has 7 nitrogen and oxygen atoms in total. The molecule has 0 aromatic rings. The number of nitrogens with zero attached hydrogens (tertiary/aromatic N) is 3. The van der Waals surface area contributed by atoms with Crippen molar-refractivity contribution in [2.24, 2.45) is 0 Å². The molecule has 132 valence electrons. The lowest BCUT2D eigenvalue weighted by molar-refractivity contribution is -0.124.